The topological polar surface area (TPSA) is 134 Å². The molecule has 0 unspecified atom stereocenters. The van der Waals surface area contributed by atoms with Crippen LogP contribution in [0.15, 0.2) is 72.9 Å². The molecule has 132 valence electrons. The zero-order chi connectivity index (χ0) is 18.6. The molecule has 0 atom stereocenters. The van der Waals surface area contributed by atoms with Crippen LogP contribution in [0.1, 0.15) is 0 Å². The minimum atomic E-state index is -4.94. The number of benzene rings is 2. The molecule has 4 rings (SSSR count). The first-order valence-corrected chi connectivity index (χ1v) is 8.64. The number of pyridine rings is 1. The van der Waals surface area contributed by atoms with Crippen molar-refractivity contribution in [1.29, 1.82) is 0 Å². The number of rotatable bonds is 2. The number of fused-ring (bicyclic) bond motifs is 3. The smallest absolute Gasteiger partial charge is 0.355 e. The van der Waals surface area contributed by atoms with Gasteiger partial charge in [0.1, 0.15) is 0 Å². The van der Waals surface area contributed by atoms with Gasteiger partial charge in [-0.25, -0.2) is 18.6 Å². The molecule has 0 aliphatic heterocycles. The van der Waals surface area contributed by atoms with Crippen molar-refractivity contribution in [3.05, 3.63) is 72.9 Å². The SMILES string of the molecule is [O-][Cl+3]([O-])([O-])[O-].c1ccc(Nc2ccc3nnc4cccc[n+]4c3c2)cc1. The van der Waals surface area contributed by atoms with Crippen molar-refractivity contribution in [3.8, 4) is 0 Å². The molecule has 0 spiro atoms. The highest BCUT2D eigenvalue weighted by Crippen LogP contribution is 2.19. The normalized spacial score (nSPS) is 11.1. The van der Waals surface area contributed by atoms with Gasteiger partial charge < -0.3 is 5.32 Å². The Bertz CT molecular complexity index is 1020. The molecule has 8 nitrogen and oxygen atoms in total. The molecule has 0 saturated carbocycles. The molecular formula is C17H13ClN4O4. The number of nitrogens with zero attached hydrogens (tertiary/aromatic N) is 3. The van der Waals surface area contributed by atoms with E-state index in [0.717, 1.165) is 28.1 Å². The summed E-state index contributed by atoms with van der Waals surface area (Å²) in [4.78, 5) is 0. The van der Waals surface area contributed by atoms with Crippen LogP contribution >= 0.6 is 0 Å². The molecule has 26 heavy (non-hydrogen) atoms. The van der Waals surface area contributed by atoms with E-state index >= 15 is 0 Å². The largest absolute Gasteiger partial charge is 0.355 e. The summed E-state index contributed by atoms with van der Waals surface area (Å²) >= 11 is 0. The predicted molar refractivity (Wildman–Crippen MR) is 82.4 cm³/mol. The second-order valence-electron chi connectivity index (χ2n) is 5.20. The van der Waals surface area contributed by atoms with Gasteiger partial charge in [-0.2, -0.15) is 4.40 Å². The van der Waals surface area contributed by atoms with Crippen LogP contribution in [0.3, 0.4) is 0 Å². The molecule has 0 fully saturated rings. The standard InChI is InChI=1S/C17H12N4.ClHO4/c1-2-6-13(7-3-1)18-14-9-10-15-16(12-14)21-11-5-4-8-17(21)20-19-15;2-1(3,4)5/h1-12H;(H,2,3,4,5). The summed E-state index contributed by atoms with van der Waals surface area (Å²) in [5.41, 5.74) is 4.83. The van der Waals surface area contributed by atoms with Crippen molar-refractivity contribution < 1.29 is 33.3 Å². The molecule has 0 aliphatic carbocycles. The van der Waals surface area contributed by atoms with Crippen molar-refractivity contribution in [2.75, 3.05) is 5.32 Å². The third kappa shape index (κ3) is 4.82. The second kappa shape index (κ2) is 7.56. The van der Waals surface area contributed by atoms with Gasteiger partial charge in [-0.05, 0) is 35.4 Å². The number of halogens is 1. The fourth-order valence-electron chi connectivity index (χ4n) is 2.39. The van der Waals surface area contributed by atoms with E-state index in [-0.39, 0.29) is 0 Å². The monoisotopic (exact) mass is 372 g/mol. The van der Waals surface area contributed by atoms with E-state index in [0.29, 0.717) is 0 Å². The Kier molecular flexibility index (Phi) is 5.21. The van der Waals surface area contributed by atoms with Crippen molar-refractivity contribution in [3.63, 3.8) is 0 Å². The fourth-order valence-corrected chi connectivity index (χ4v) is 2.39. The average molecular weight is 373 g/mol. The highest BCUT2D eigenvalue weighted by atomic mass is 35.7. The summed E-state index contributed by atoms with van der Waals surface area (Å²) in [6.45, 7) is 0. The highest BCUT2D eigenvalue weighted by Gasteiger charge is 2.10. The van der Waals surface area contributed by atoms with Crippen LogP contribution in [0.25, 0.3) is 16.7 Å². The third-order valence-electron chi connectivity index (χ3n) is 3.40. The summed E-state index contributed by atoms with van der Waals surface area (Å²) in [6, 6.07) is 22.1. The minimum Gasteiger partial charge on any atom is -0.355 e. The Morgan fingerprint density at radius 2 is 1.46 bits per heavy atom. The van der Waals surface area contributed by atoms with Gasteiger partial charge in [0.15, 0.2) is 11.0 Å². The molecule has 4 aromatic rings. The molecule has 0 amide bonds. The van der Waals surface area contributed by atoms with Crippen LogP contribution in [0.5, 0.6) is 0 Å². The Hall–Kier alpha value is -2.88. The van der Waals surface area contributed by atoms with Gasteiger partial charge in [0.2, 0.25) is 0 Å². The van der Waals surface area contributed by atoms with Crippen LogP contribution in [-0.2, 0) is 0 Å². The summed E-state index contributed by atoms with van der Waals surface area (Å²) in [5.74, 6) is 0. The first-order valence-electron chi connectivity index (χ1n) is 7.41. The van der Waals surface area contributed by atoms with Gasteiger partial charge in [-0.15, -0.1) is 10.2 Å². The zero-order valence-electron chi connectivity index (χ0n) is 13.3. The lowest BCUT2D eigenvalue weighted by Gasteiger charge is -2.17. The highest BCUT2D eigenvalue weighted by molar-refractivity contribution is 5.77. The van der Waals surface area contributed by atoms with E-state index < -0.39 is 10.2 Å². The van der Waals surface area contributed by atoms with E-state index in [2.05, 4.69) is 21.6 Å². The number of hydrogen-bond acceptors (Lipinski definition) is 7. The summed E-state index contributed by atoms with van der Waals surface area (Å²) < 4.78 is 36.0. The molecule has 0 saturated heterocycles. The lowest BCUT2D eigenvalue weighted by Crippen LogP contribution is -2.68. The van der Waals surface area contributed by atoms with Gasteiger partial charge in [-0.3, -0.25) is 0 Å². The van der Waals surface area contributed by atoms with Crippen molar-refractivity contribution >= 4 is 28.1 Å². The minimum absolute atomic E-state index is 0.835. The van der Waals surface area contributed by atoms with Crippen LogP contribution in [0.2, 0.25) is 0 Å². The third-order valence-corrected chi connectivity index (χ3v) is 3.40. The van der Waals surface area contributed by atoms with Gasteiger partial charge in [0, 0.05) is 23.5 Å². The molecule has 2 aromatic heterocycles. The molecule has 2 aromatic carbocycles. The van der Waals surface area contributed by atoms with Crippen LogP contribution in [-0.4, -0.2) is 10.2 Å². The molecule has 0 aliphatic rings. The van der Waals surface area contributed by atoms with Crippen molar-refractivity contribution in [1.82, 2.24) is 10.2 Å². The fraction of sp³-hybridized carbons (Fsp3) is 0. The number of nitrogens with one attached hydrogen (secondary N) is 1. The van der Waals surface area contributed by atoms with Gasteiger partial charge in [-0.1, -0.05) is 24.3 Å². The summed E-state index contributed by atoms with van der Waals surface area (Å²) in [7, 11) is -4.94. The molecule has 9 heteroatoms. The van der Waals surface area contributed by atoms with Crippen molar-refractivity contribution in [2.45, 2.75) is 0 Å². The molecule has 1 N–H and O–H groups in total. The predicted octanol–water partition coefficient (Wildman–Crippen LogP) is -1.64. The Morgan fingerprint density at radius 1 is 0.769 bits per heavy atom. The first kappa shape index (κ1) is 17.9. The Morgan fingerprint density at radius 3 is 2.19 bits per heavy atom. The lowest BCUT2D eigenvalue weighted by molar-refractivity contribution is -2.00. The lowest BCUT2D eigenvalue weighted by atomic mass is 10.2. The number of anilines is 2. The zero-order valence-corrected chi connectivity index (χ0v) is 14.0. The molecule has 0 radical (unpaired) electrons. The van der Waals surface area contributed by atoms with Gasteiger partial charge >= 0.3 is 5.65 Å². The van der Waals surface area contributed by atoms with E-state index in [1.165, 1.54) is 0 Å². The first-order chi connectivity index (χ1) is 12.4. The van der Waals surface area contributed by atoms with Crippen LogP contribution < -0.4 is 28.4 Å². The average Bonchev–Trinajstić information content (AvgIpc) is 2.61. The summed E-state index contributed by atoms with van der Waals surface area (Å²) in [5, 5.41) is 11.9. The maximum absolute atomic E-state index is 8.49. The van der Waals surface area contributed by atoms with E-state index in [4.69, 9.17) is 18.6 Å². The number of hydrogen-bond donors (Lipinski definition) is 1. The summed E-state index contributed by atoms with van der Waals surface area (Å²) in [6.07, 6.45) is 2.00. The van der Waals surface area contributed by atoms with E-state index in [1.807, 2.05) is 71.3 Å². The number of para-hydroxylation sites is 1. The maximum atomic E-state index is 8.49. The second-order valence-corrected chi connectivity index (χ2v) is 5.96. The van der Waals surface area contributed by atoms with E-state index in [1.54, 1.807) is 0 Å². The Balaban J connectivity index is 0.000000349. The molecule has 0 bridgehead atoms. The molecule has 2 heterocycles. The van der Waals surface area contributed by atoms with Crippen LogP contribution in [0, 0.1) is 10.2 Å². The van der Waals surface area contributed by atoms with Crippen molar-refractivity contribution in [2.24, 2.45) is 0 Å². The van der Waals surface area contributed by atoms with E-state index in [9.17, 15) is 0 Å². The molecular weight excluding hydrogens is 360 g/mol. The number of aromatic nitrogens is 3. The van der Waals surface area contributed by atoms with Crippen LogP contribution in [0.4, 0.5) is 11.4 Å². The van der Waals surface area contributed by atoms with Gasteiger partial charge in [0.05, 0.1) is 11.3 Å². The Labute approximate surface area is 150 Å². The quantitative estimate of drug-likeness (QED) is 0.329. The maximum Gasteiger partial charge on any atom is 0.355 e. The van der Waals surface area contributed by atoms with Gasteiger partial charge in [0.25, 0.3) is 0 Å².